The van der Waals surface area contributed by atoms with Crippen molar-refractivity contribution >= 4 is 11.3 Å². The molecule has 0 radical (unpaired) electrons. The normalized spacial score (nSPS) is 12.6. The zero-order valence-corrected chi connectivity index (χ0v) is 11.0. The predicted molar refractivity (Wildman–Crippen MR) is 71.4 cm³/mol. The Morgan fingerprint density at radius 1 is 1.29 bits per heavy atom. The second-order valence-corrected chi connectivity index (χ2v) is 5.40. The zero-order chi connectivity index (χ0) is 12.3. The van der Waals surface area contributed by atoms with Gasteiger partial charge in [0.05, 0.1) is 11.1 Å². The summed E-state index contributed by atoms with van der Waals surface area (Å²) in [6.45, 7) is 4.17. The van der Waals surface area contributed by atoms with Crippen LogP contribution in [-0.2, 0) is 12.8 Å². The van der Waals surface area contributed by atoms with E-state index in [0.717, 1.165) is 5.01 Å². The molecule has 0 saturated carbocycles. The molecule has 0 fully saturated rings. The SMILES string of the molecule is Cc1ccc(C)c(CC(O)Cc2nccs2)c1. The molecule has 0 aliphatic heterocycles. The van der Waals surface area contributed by atoms with Crippen LogP contribution in [0.15, 0.2) is 29.8 Å². The third kappa shape index (κ3) is 3.38. The summed E-state index contributed by atoms with van der Waals surface area (Å²) in [5.74, 6) is 0. The molecule has 0 bridgehead atoms. The highest BCUT2D eigenvalue weighted by Gasteiger charge is 2.10. The molecule has 1 aromatic heterocycles. The fourth-order valence-electron chi connectivity index (χ4n) is 1.90. The molecule has 2 nitrogen and oxygen atoms in total. The number of hydrogen-bond acceptors (Lipinski definition) is 3. The zero-order valence-electron chi connectivity index (χ0n) is 10.2. The van der Waals surface area contributed by atoms with E-state index in [1.807, 2.05) is 5.38 Å². The minimum absolute atomic E-state index is 0.346. The average Bonchev–Trinajstić information content (AvgIpc) is 2.76. The lowest BCUT2D eigenvalue weighted by Crippen LogP contribution is -2.14. The molecule has 1 atom stereocenters. The van der Waals surface area contributed by atoms with Gasteiger partial charge in [-0.15, -0.1) is 11.3 Å². The van der Waals surface area contributed by atoms with Gasteiger partial charge in [0, 0.05) is 18.0 Å². The number of aliphatic hydroxyl groups is 1. The molecule has 1 unspecified atom stereocenters. The molecule has 1 heterocycles. The van der Waals surface area contributed by atoms with Crippen molar-refractivity contribution < 1.29 is 5.11 Å². The van der Waals surface area contributed by atoms with E-state index in [2.05, 4.69) is 37.0 Å². The Balaban J connectivity index is 2.02. The number of benzene rings is 1. The summed E-state index contributed by atoms with van der Waals surface area (Å²) in [4.78, 5) is 4.20. The number of thiazole rings is 1. The fraction of sp³-hybridized carbons (Fsp3) is 0.357. The van der Waals surface area contributed by atoms with E-state index in [4.69, 9.17) is 0 Å². The first-order valence-electron chi connectivity index (χ1n) is 5.77. The lowest BCUT2D eigenvalue weighted by molar-refractivity contribution is 0.175. The third-order valence-corrected chi connectivity index (χ3v) is 3.66. The van der Waals surface area contributed by atoms with E-state index in [-0.39, 0.29) is 6.10 Å². The minimum atomic E-state index is -0.346. The van der Waals surface area contributed by atoms with Crippen molar-refractivity contribution in [3.8, 4) is 0 Å². The van der Waals surface area contributed by atoms with E-state index < -0.39 is 0 Å². The van der Waals surface area contributed by atoms with Crippen molar-refractivity contribution in [3.63, 3.8) is 0 Å². The summed E-state index contributed by atoms with van der Waals surface area (Å²) in [7, 11) is 0. The van der Waals surface area contributed by atoms with Crippen LogP contribution in [0.25, 0.3) is 0 Å². The van der Waals surface area contributed by atoms with Crippen LogP contribution >= 0.6 is 11.3 Å². The first-order chi connectivity index (χ1) is 8.15. The molecule has 2 aromatic rings. The summed E-state index contributed by atoms with van der Waals surface area (Å²) >= 11 is 1.60. The van der Waals surface area contributed by atoms with Crippen LogP contribution in [0.4, 0.5) is 0 Å². The molecule has 2 rings (SSSR count). The Morgan fingerprint density at radius 2 is 2.12 bits per heavy atom. The second kappa shape index (κ2) is 5.43. The van der Waals surface area contributed by atoms with Crippen LogP contribution in [0.1, 0.15) is 21.7 Å². The number of aliphatic hydroxyl groups excluding tert-OH is 1. The van der Waals surface area contributed by atoms with Crippen LogP contribution in [0.3, 0.4) is 0 Å². The highest BCUT2D eigenvalue weighted by Crippen LogP contribution is 2.15. The van der Waals surface area contributed by atoms with Crippen molar-refractivity contribution in [2.75, 3.05) is 0 Å². The monoisotopic (exact) mass is 247 g/mol. The Kier molecular flexibility index (Phi) is 3.92. The second-order valence-electron chi connectivity index (χ2n) is 4.42. The van der Waals surface area contributed by atoms with Gasteiger partial charge >= 0.3 is 0 Å². The number of hydrogen-bond donors (Lipinski definition) is 1. The van der Waals surface area contributed by atoms with Crippen LogP contribution in [0.2, 0.25) is 0 Å². The van der Waals surface area contributed by atoms with Crippen molar-refractivity contribution in [1.29, 1.82) is 0 Å². The summed E-state index contributed by atoms with van der Waals surface area (Å²) < 4.78 is 0. The maximum atomic E-state index is 10.1. The molecule has 0 amide bonds. The summed E-state index contributed by atoms with van der Waals surface area (Å²) in [5, 5.41) is 13.0. The fourth-order valence-corrected chi connectivity index (χ4v) is 2.59. The molecule has 17 heavy (non-hydrogen) atoms. The van der Waals surface area contributed by atoms with E-state index in [0.29, 0.717) is 12.8 Å². The third-order valence-electron chi connectivity index (χ3n) is 2.85. The van der Waals surface area contributed by atoms with Gasteiger partial charge < -0.3 is 5.11 Å². The molecule has 0 aliphatic carbocycles. The number of aryl methyl sites for hydroxylation is 2. The minimum Gasteiger partial charge on any atom is -0.392 e. The van der Waals surface area contributed by atoms with Crippen molar-refractivity contribution in [3.05, 3.63) is 51.5 Å². The Morgan fingerprint density at radius 3 is 2.82 bits per heavy atom. The standard InChI is InChI=1S/C14H17NOS/c1-10-3-4-11(2)12(7-10)8-13(16)9-14-15-5-6-17-14/h3-7,13,16H,8-9H2,1-2H3. The number of rotatable bonds is 4. The van der Waals surface area contributed by atoms with E-state index in [1.165, 1.54) is 16.7 Å². The van der Waals surface area contributed by atoms with Gasteiger partial charge in [0.15, 0.2) is 0 Å². The first kappa shape index (κ1) is 12.3. The van der Waals surface area contributed by atoms with Gasteiger partial charge in [0.1, 0.15) is 0 Å². The van der Waals surface area contributed by atoms with E-state index >= 15 is 0 Å². The smallest absolute Gasteiger partial charge is 0.0950 e. The Hall–Kier alpha value is -1.19. The summed E-state index contributed by atoms with van der Waals surface area (Å²) in [6.07, 6.45) is 2.78. The Labute approximate surface area is 106 Å². The largest absolute Gasteiger partial charge is 0.392 e. The van der Waals surface area contributed by atoms with Gasteiger partial charge in [-0.2, -0.15) is 0 Å². The highest BCUT2D eigenvalue weighted by molar-refractivity contribution is 7.09. The molecule has 1 N–H and O–H groups in total. The van der Waals surface area contributed by atoms with Gasteiger partial charge in [-0.1, -0.05) is 23.8 Å². The summed E-state index contributed by atoms with van der Waals surface area (Å²) in [5.41, 5.74) is 3.72. The lowest BCUT2D eigenvalue weighted by atomic mass is 9.99. The van der Waals surface area contributed by atoms with E-state index in [1.54, 1.807) is 17.5 Å². The molecule has 0 spiro atoms. The Bertz CT molecular complexity index is 479. The topological polar surface area (TPSA) is 33.1 Å². The maximum Gasteiger partial charge on any atom is 0.0950 e. The van der Waals surface area contributed by atoms with Crippen LogP contribution < -0.4 is 0 Å². The molecular formula is C14H17NOS. The van der Waals surface area contributed by atoms with Gasteiger partial charge in [0.25, 0.3) is 0 Å². The van der Waals surface area contributed by atoms with Gasteiger partial charge in [0.2, 0.25) is 0 Å². The van der Waals surface area contributed by atoms with Crippen molar-refractivity contribution in [2.45, 2.75) is 32.8 Å². The van der Waals surface area contributed by atoms with Crippen LogP contribution in [-0.4, -0.2) is 16.2 Å². The van der Waals surface area contributed by atoms with E-state index in [9.17, 15) is 5.11 Å². The molecule has 1 aromatic carbocycles. The van der Waals surface area contributed by atoms with Crippen LogP contribution in [0.5, 0.6) is 0 Å². The van der Waals surface area contributed by atoms with Gasteiger partial charge in [-0.3, -0.25) is 0 Å². The van der Waals surface area contributed by atoms with Crippen molar-refractivity contribution in [2.24, 2.45) is 0 Å². The predicted octanol–water partition coefficient (Wildman–Crippen LogP) is 2.91. The lowest BCUT2D eigenvalue weighted by Gasteiger charge is -2.12. The number of nitrogens with zero attached hydrogens (tertiary/aromatic N) is 1. The first-order valence-corrected chi connectivity index (χ1v) is 6.65. The molecule has 0 aliphatic rings. The average molecular weight is 247 g/mol. The molecular weight excluding hydrogens is 230 g/mol. The molecule has 90 valence electrons. The van der Waals surface area contributed by atoms with Gasteiger partial charge in [-0.05, 0) is 31.4 Å². The maximum absolute atomic E-state index is 10.1. The molecule has 3 heteroatoms. The highest BCUT2D eigenvalue weighted by atomic mass is 32.1. The van der Waals surface area contributed by atoms with Crippen molar-refractivity contribution in [1.82, 2.24) is 4.98 Å². The van der Waals surface area contributed by atoms with Crippen LogP contribution in [0, 0.1) is 13.8 Å². The number of aromatic nitrogens is 1. The quantitative estimate of drug-likeness (QED) is 0.901. The van der Waals surface area contributed by atoms with Gasteiger partial charge in [-0.25, -0.2) is 4.98 Å². The molecule has 0 saturated heterocycles. The summed E-state index contributed by atoms with van der Waals surface area (Å²) in [6, 6.07) is 6.37.